The molecule has 9 heteroatoms. The summed E-state index contributed by atoms with van der Waals surface area (Å²) in [6, 6.07) is 11.0. The number of aromatic nitrogens is 2. The maximum absolute atomic E-state index is 11.0. The van der Waals surface area contributed by atoms with Crippen LogP contribution in [0.15, 0.2) is 40.9 Å². The highest BCUT2D eigenvalue weighted by molar-refractivity contribution is 7.98. The lowest BCUT2D eigenvalue weighted by Crippen LogP contribution is -2.18. The van der Waals surface area contributed by atoms with Crippen LogP contribution in [0.5, 0.6) is 0 Å². The third kappa shape index (κ3) is 4.66. The van der Waals surface area contributed by atoms with Gasteiger partial charge >= 0.3 is 5.97 Å². The first kappa shape index (κ1) is 22.0. The third-order valence-corrected chi connectivity index (χ3v) is 7.14. The zero-order chi connectivity index (χ0) is 22.5. The fourth-order valence-electron chi connectivity index (χ4n) is 3.61. The van der Waals surface area contributed by atoms with E-state index in [0.29, 0.717) is 35.1 Å². The van der Waals surface area contributed by atoms with Crippen LogP contribution in [-0.2, 0) is 10.5 Å². The van der Waals surface area contributed by atoms with Gasteiger partial charge in [-0.15, -0.1) is 11.3 Å². The van der Waals surface area contributed by atoms with Gasteiger partial charge in [-0.2, -0.15) is 10.5 Å². The van der Waals surface area contributed by atoms with Crippen LogP contribution in [0.25, 0.3) is 10.6 Å². The molecule has 1 aromatic carbocycles. The maximum Gasteiger partial charge on any atom is 0.335 e. The standard InChI is InChI=1S/C23H18N4O3S2/c24-8-17-10-26-22(19(9-25)20(17)16-2-1-7-30-11-16)32-13-18-12-31-21(27-18)14-3-5-15(6-4-14)23(28)29/h3-6,10,12,16H,1-2,7,11,13H2,(H,28,29). The lowest BCUT2D eigenvalue weighted by atomic mass is 9.88. The molecule has 7 nitrogen and oxygen atoms in total. The van der Waals surface area contributed by atoms with Crippen molar-refractivity contribution in [2.24, 2.45) is 0 Å². The van der Waals surface area contributed by atoms with Gasteiger partial charge in [0.1, 0.15) is 22.2 Å². The van der Waals surface area contributed by atoms with E-state index in [1.54, 1.807) is 30.5 Å². The Kier molecular flexibility index (Phi) is 6.81. The molecule has 32 heavy (non-hydrogen) atoms. The van der Waals surface area contributed by atoms with Crippen molar-refractivity contribution in [2.45, 2.75) is 29.5 Å². The fourth-order valence-corrected chi connectivity index (χ4v) is 5.40. The van der Waals surface area contributed by atoms with Crippen LogP contribution in [0.2, 0.25) is 0 Å². The third-order valence-electron chi connectivity index (χ3n) is 5.17. The molecule has 3 heterocycles. The Balaban J connectivity index is 1.54. The van der Waals surface area contributed by atoms with E-state index in [4.69, 9.17) is 9.84 Å². The number of hydrogen-bond acceptors (Lipinski definition) is 8. The number of thioether (sulfide) groups is 1. The molecule has 1 fully saturated rings. The van der Waals surface area contributed by atoms with Gasteiger partial charge in [-0.25, -0.2) is 14.8 Å². The molecule has 160 valence electrons. The van der Waals surface area contributed by atoms with Crippen LogP contribution >= 0.6 is 23.1 Å². The lowest BCUT2D eigenvalue weighted by molar-refractivity contribution is 0.0697. The quantitative estimate of drug-likeness (QED) is 0.517. The lowest BCUT2D eigenvalue weighted by Gasteiger charge is -2.24. The van der Waals surface area contributed by atoms with E-state index in [1.165, 1.54) is 23.1 Å². The molecular formula is C23H18N4O3S2. The fraction of sp³-hybridized carbons (Fsp3) is 0.261. The summed E-state index contributed by atoms with van der Waals surface area (Å²) in [5, 5.41) is 31.8. The second-order valence-corrected chi connectivity index (χ2v) is 9.04. The van der Waals surface area contributed by atoms with Crippen molar-refractivity contribution >= 4 is 29.1 Å². The number of pyridine rings is 1. The number of ether oxygens (including phenoxy) is 1. The summed E-state index contributed by atoms with van der Waals surface area (Å²) in [6.45, 7) is 1.21. The number of nitrogens with zero attached hydrogens (tertiary/aromatic N) is 4. The van der Waals surface area contributed by atoms with Crippen molar-refractivity contribution in [1.82, 2.24) is 9.97 Å². The second-order valence-electron chi connectivity index (χ2n) is 7.22. The average Bonchev–Trinajstić information content (AvgIpc) is 3.31. The normalized spacial score (nSPS) is 15.6. The van der Waals surface area contributed by atoms with Gasteiger partial charge in [-0.05, 0) is 30.5 Å². The number of aromatic carboxylic acids is 1. The molecule has 0 aliphatic carbocycles. The molecule has 0 spiro atoms. The molecule has 1 unspecified atom stereocenters. The van der Waals surface area contributed by atoms with E-state index >= 15 is 0 Å². The monoisotopic (exact) mass is 462 g/mol. The van der Waals surface area contributed by atoms with Crippen LogP contribution in [0.3, 0.4) is 0 Å². The van der Waals surface area contributed by atoms with Crippen LogP contribution in [0.4, 0.5) is 0 Å². The number of carbonyl (C=O) groups is 1. The zero-order valence-corrected chi connectivity index (χ0v) is 18.6. The Bertz CT molecular complexity index is 1220. The number of carboxylic acids is 1. The Morgan fingerprint density at radius 2 is 2.09 bits per heavy atom. The number of benzene rings is 1. The van der Waals surface area contributed by atoms with E-state index in [1.807, 2.05) is 5.38 Å². The Morgan fingerprint density at radius 3 is 2.75 bits per heavy atom. The van der Waals surface area contributed by atoms with Gasteiger partial charge in [-0.1, -0.05) is 23.9 Å². The smallest absolute Gasteiger partial charge is 0.335 e. The van der Waals surface area contributed by atoms with E-state index < -0.39 is 5.97 Å². The number of nitriles is 2. The van der Waals surface area contributed by atoms with Gasteiger partial charge < -0.3 is 9.84 Å². The number of thiazole rings is 1. The molecule has 1 atom stereocenters. The van der Waals surface area contributed by atoms with Crippen molar-refractivity contribution in [3.63, 3.8) is 0 Å². The van der Waals surface area contributed by atoms with Crippen LogP contribution < -0.4 is 0 Å². The predicted molar refractivity (Wildman–Crippen MR) is 121 cm³/mol. The maximum atomic E-state index is 11.0. The van der Waals surface area contributed by atoms with Crippen molar-refractivity contribution in [3.8, 4) is 22.7 Å². The zero-order valence-electron chi connectivity index (χ0n) is 16.9. The summed E-state index contributed by atoms with van der Waals surface area (Å²) < 4.78 is 5.58. The van der Waals surface area contributed by atoms with Gasteiger partial charge in [0.15, 0.2) is 0 Å². The van der Waals surface area contributed by atoms with Crippen LogP contribution in [-0.4, -0.2) is 34.3 Å². The predicted octanol–water partition coefficient (Wildman–Crippen LogP) is 4.83. The van der Waals surface area contributed by atoms with E-state index in [2.05, 4.69) is 22.1 Å². The number of hydrogen-bond donors (Lipinski definition) is 1. The van der Waals surface area contributed by atoms with Crippen molar-refractivity contribution in [2.75, 3.05) is 13.2 Å². The summed E-state index contributed by atoms with van der Waals surface area (Å²) in [5.41, 5.74) is 3.55. The molecule has 0 amide bonds. The summed E-state index contributed by atoms with van der Waals surface area (Å²) in [5.74, 6) is -0.414. The molecule has 4 rings (SSSR count). The first-order chi connectivity index (χ1) is 15.6. The Labute approximate surface area is 193 Å². The second kappa shape index (κ2) is 9.92. The highest BCUT2D eigenvalue weighted by Crippen LogP contribution is 2.35. The van der Waals surface area contributed by atoms with Gasteiger partial charge in [0.25, 0.3) is 0 Å². The van der Waals surface area contributed by atoms with Gasteiger partial charge in [-0.3, -0.25) is 0 Å². The SMILES string of the molecule is N#Cc1cnc(SCc2csc(-c3ccc(C(=O)O)cc3)n2)c(C#N)c1C1CCCOC1. The van der Waals surface area contributed by atoms with Crippen molar-refractivity contribution in [3.05, 3.63) is 63.8 Å². The topological polar surface area (TPSA) is 120 Å². The highest BCUT2D eigenvalue weighted by atomic mass is 32.2. The molecular weight excluding hydrogens is 444 g/mol. The minimum absolute atomic E-state index is 0.0232. The van der Waals surface area contributed by atoms with E-state index in [9.17, 15) is 15.3 Å². The van der Waals surface area contributed by atoms with E-state index in [-0.39, 0.29) is 11.5 Å². The molecule has 1 aliphatic heterocycles. The summed E-state index contributed by atoms with van der Waals surface area (Å²) in [7, 11) is 0. The molecule has 0 radical (unpaired) electrons. The van der Waals surface area contributed by atoms with Gasteiger partial charge in [0, 0.05) is 35.4 Å². The molecule has 0 bridgehead atoms. The van der Waals surface area contributed by atoms with Crippen LogP contribution in [0.1, 0.15) is 51.5 Å². The Hall–Kier alpha value is -3.24. The highest BCUT2D eigenvalue weighted by Gasteiger charge is 2.25. The summed E-state index contributed by atoms with van der Waals surface area (Å²) >= 11 is 2.90. The molecule has 0 saturated carbocycles. The first-order valence-corrected chi connectivity index (χ1v) is 11.8. The van der Waals surface area contributed by atoms with Crippen LogP contribution in [0, 0.1) is 22.7 Å². The molecule has 1 N–H and O–H groups in total. The largest absolute Gasteiger partial charge is 0.478 e. The molecule has 1 saturated heterocycles. The van der Waals surface area contributed by atoms with Crippen molar-refractivity contribution < 1.29 is 14.6 Å². The number of carboxylic acid groups (broad SMARTS) is 1. The molecule has 2 aromatic heterocycles. The average molecular weight is 463 g/mol. The molecule has 1 aliphatic rings. The van der Waals surface area contributed by atoms with Crippen molar-refractivity contribution in [1.29, 1.82) is 10.5 Å². The summed E-state index contributed by atoms with van der Waals surface area (Å²) in [6.07, 6.45) is 3.33. The van der Waals surface area contributed by atoms with Gasteiger partial charge in [0.2, 0.25) is 0 Å². The van der Waals surface area contributed by atoms with Gasteiger partial charge in [0.05, 0.1) is 29.0 Å². The number of rotatable bonds is 6. The minimum atomic E-state index is -0.963. The Morgan fingerprint density at radius 1 is 1.28 bits per heavy atom. The minimum Gasteiger partial charge on any atom is -0.478 e. The van der Waals surface area contributed by atoms with E-state index in [0.717, 1.165) is 34.7 Å². The molecule has 3 aromatic rings. The first-order valence-electron chi connectivity index (χ1n) is 9.92. The summed E-state index contributed by atoms with van der Waals surface area (Å²) in [4.78, 5) is 20.0.